The van der Waals surface area contributed by atoms with Crippen LogP contribution in [0, 0.1) is 0 Å². The van der Waals surface area contributed by atoms with E-state index in [4.69, 9.17) is 17.2 Å². The van der Waals surface area contributed by atoms with E-state index in [-0.39, 0.29) is 78.2 Å². The molecule has 0 radical (unpaired) electrons. The molecule has 4 rings (SSSR count). The van der Waals surface area contributed by atoms with Gasteiger partial charge in [-0.25, -0.2) is 9.59 Å². The quantitative estimate of drug-likeness (QED) is 0.0661. The summed E-state index contributed by atoms with van der Waals surface area (Å²) in [7, 11) is 3.05. The molecule has 0 amide bonds. The Morgan fingerprint density at radius 1 is 0.841 bits per heavy atom. The minimum atomic E-state index is -1.14. The number of aromatic amines is 2. The lowest BCUT2D eigenvalue weighted by Crippen LogP contribution is -2.46. The van der Waals surface area contributed by atoms with E-state index in [1.165, 1.54) is 14.1 Å². The molecule has 4 aromatic rings. The Bertz CT molecular complexity index is 1800. The van der Waals surface area contributed by atoms with Crippen LogP contribution in [-0.4, -0.2) is 94.8 Å². The molecule has 0 aromatic carbocycles. The fourth-order valence-corrected chi connectivity index (χ4v) is 4.86. The molecule has 0 bridgehead atoms. The number of aliphatic carboxylic acids is 1. The maximum atomic E-state index is 12.9. The number of unbranched alkanes of at least 4 members (excludes halogenated alkanes) is 1. The van der Waals surface area contributed by atoms with Crippen molar-refractivity contribution in [3.63, 3.8) is 0 Å². The third-order valence-electron chi connectivity index (χ3n) is 7.07. The van der Waals surface area contributed by atoms with E-state index >= 15 is 0 Å². The summed E-state index contributed by atoms with van der Waals surface area (Å²) in [5.41, 5.74) is 14.4. The van der Waals surface area contributed by atoms with Crippen molar-refractivity contribution >= 4 is 51.6 Å². The van der Waals surface area contributed by atoms with Crippen LogP contribution in [0.4, 0.5) is 23.5 Å². The normalized spacial score (nSPS) is 12.2. The number of fused-ring (bicyclic) bond motifs is 2. The average Bonchev–Trinajstić information content (AvgIpc) is 2.96. The van der Waals surface area contributed by atoms with Crippen LogP contribution in [-0.2, 0) is 17.9 Å². The maximum absolute atomic E-state index is 12.9. The second-order valence-electron chi connectivity index (χ2n) is 9.76. The summed E-state index contributed by atoms with van der Waals surface area (Å²) in [6, 6.07) is -1.05. The van der Waals surface area contributed by atoms with E-state index in [0.717, 1.165) is 9.13 Å². The number of nitrogen functional groups attached to an aromatic ring is 2. The number of hydrogen-bond acceptors (Lipinski definition) is 15. The Hall–Kier alpha value is -5.37. The standard InChI is InChI=1S/C24H34N14O6/c1-28-21-32-16-12(18(39)34-21)14(26)30-23(43)37(16)9-7-36(11(20(41)42)5-3-4-6-25)8-10-38-17-13(15(27)31-24(38)44)19(40)35-22(29-2)33-17/h11H,3-10,25H2,1-2H3,(H,41,42)(H2,26,30,43)(H2,27,31,44)(H2,28,32,34,39)(H2,29,33,35,40)/t11-/m0/s1. The molecule has 0 fully saturated rings. The summed E-state index contributed by atoms with van der Waals surface area (Å²) in [5.74, 6) is -1.58. The van der Waals surface area contributed by atoms with Crippen molar-refractivity contribution < 1.29 is 9.90 Å². The van der Waals surface area contributed by atoms with Gasteiger partial charge in [0.15, 0.2) is 11.3 Å². The van der Waals surface area contributed by atoms with E-state index < -0.39 is 34.5 Å². The Balaban J connectivity index is 1.76. The number of hydrogen-bond donors (Lipinski definition) is 8. The molecule has 0 aliphatic rings. The molecule has 0 unspecified atom stereocenters. The summed E-state index contributed by atoms with van der Waals surface area (Å²) < 4.78 is 2.25. The predicted molar refractivity (Wildman–Crippen MR) is 163 cm³/mol. The van der Waals surface area contributed by atoms with Crippen molar-refractivity contribution in [3.05, 3.63) is 41.7 Å². The summed E-state index contributed by atoms with van der Waals surface area (Å²) in [6.07, 6.45) is 1.28. The van der Waals surface area contributed by atoms with Crippen molar-refractivity contribution in [2.45, 2.75) is 38.4 Å². The average molecular weight is 615 g/mol. The van der Waals surface area contributed by atoms with Gasteiger partial charge in [-0.3, -0.25) is 38.4 Å². The van der Waals surface area contributed by atoms with Crippen LogP contribution in [0.15, 0.2) is 19.2 Å². The number of carboxylic acid groups (broad SMARTS) is 1. The number of carboxylic acids is 1. The van der Waals surface area contributed by atoms with Crippen LogP contribution in [0.25, 0.3) is 22.1 Å². The second kappa shape index (κ2) is 13.3. The molecule has 0 saturated heterocycles. The largest absolute Gasteiger partial charge is 0.480 e. The predicted octanol–water partition coefficient (Wildman–Crippen LogP) is -2.89. The molecule has 236 valence electrons. The third-order valence-corrected chi connectivity index (χ3v) is 7.07. The Labute approximate surface area is 247 Å². The van der Waals surface area contributed by atoms with E-state index in [1.807, 2.05) is 0 Å². The SMILES string of the molecule is CNc1nc2c(c(N)nc(=O)n2CCN(CCn2c(=O)nc(N)c3c(=O)[nH]c(NC)nc32)[C@@H](CCCCN)C(=O)O)c(=O)[nH]1. The van der Waals surface area contributed by atoms with Gasteiger partial charge in [-0.05, 0) is 19.4 Å². The van der Waals surface area contributed by atoms with Crippen LogP contribution >= 0.6 is 0 Å². The van der Waals surface area contributed by atoms with Crippen molar-refractivity contribution in [1.29, 1.82) is 0 Å². The molecule has 11 N–H and O–H groups in total. The molecular formula is C24H34N14O6. The first-order chi connectivity index (χ1) is 21.0. The lowest BCUT2D eigenvalue weighted by Gasteiger charge is -2.29. The Kier molecular flexibility index (Phi) is 9.54. The molecule has 0 aliphatic heterocycles. The molecule has 4 heterocycles. The summed E-state index contributed by atoms with van der Waals surface area (Å²) in [4.78, 5) is 86.3. The monoisotopic (exact) mass is 614 g/mol. The number of aromatic nitrogens is 8. The van der Waals surface area contributed by atoms with Gasteiger partial charge in [0.05, 0.1) is 0 Å². The van der Waals surface area contributed by atoms with Crippen LogP contribution in [0.1, 0.15) is 19.3 Å². The zero-order valence-corrected chi connectivity index (χ0v) is 24.1. The number of carbonyl (C=O) groups is 1. The topological polar surface area (TPSA) is 304 Å². The van der Waals surface area contributed by atoms with Crippen LogP contribution in [0.3, 0.4) is 0 Å². The Morgan fingerprint density at radius 2 is 1.30 bits per heavy atom. The van der Waals surface area contributed by atoms with Crippen molar-refractivity contribution in [3.8, 4) is 0 Å². The Morgan fingerprint density at radius 3 is 1.68 bits per heavy atom. The number of nitrogens with one attached hydrogen (secondary N) is 4. The molecule has 44 heavy (non-hydrogen) atoms. The van der Waals surface area contributed by atoms with Gasteiger partial charge in [-0.1, -0.05) is 6.42 Å². The van der Waals surface area contributed by atoms with Gasteiger partial charge in [0.2, 0.25) is 11.9 Å². The smallest absolute Gasteiger partial charge is 0.351 e. The van der Waals surface area contributed by atoms with Gasteiger partial charge < -0.3 is 32.9 Å². The van der Waals surface area contributed by atoms with E-state index in [9.17, 15) is 29.1 Å². The summed E-state index contributed by atoms with van der Waals surface area (Å²) in [6.45, 7) is -0.00508. The van der Waals surface area contributed by atoms with Crippen LogP contribution in [0.2, 0.25) is 0 Å². The van der Waals surface area contributed by atoms with E-state index in [2.05, 4.69) is 40.5 Å². The number of H-pyrrole nitrogens is 2. The van der Waals surface area contributed by atoms with Crippen LogP contribution < -0.4 is 50.3 Å². The molecule has 20 heteroatoms. The highest BCUT2D eigenvalue weighted by Gasteiger charge is 2.27. The minimum Gasteiger partial charge on any atom is -0.480 e. The van der Waals surface area contributed by atoms with Crippen molar-refractivity contribution in [2.75, 3.05) is 55.8 Å². The fraction of sp³-hybridized carbons (Fsp3) is 0.458. The molecule has 0 saturated carbocycles. The fourth-order valence-electron chi connectivity index (χ4n) is 4.86. The molecule has 4 aromatic heterocycles. The first kappa shape index (κ1) is 31.6. The lowest BCUT2D eigenvalue weighted by molar-refractivity contribution is -0.143. The molecule has 20 nitrogen and oxygen atoms in total. The first-order valence-corrected chi connectivity index (χ1v) is 13.6. The molecular weight excluding hydrogens is 580 g/mol. The summed E-state index contributed by atoms with van der Waals surface area (Å²) in [5, 5.41) is 15.4. The molecule has 0 spiro atoms. The van der Waals surface area contributed by atoms with Gasteiger partial charge in [-0.15, -0.1) is 0 Å². The third kappa shape index (κ3) is 6.34. The molecule has 1 atom stereocenters. The maximum Gasteiger partial charge on any atom is 0.351 e. The van der Waals surface area contributed by atoms with E-state index in [0.29, 0.717) is 19.4 Å². The van der Waals surface area contributed by atoms with Gasteiger partial charge in [0.25, 0.3) is 11.1 Å². The molecule has 0 aliphatic carbocycles. The highest BCUT2D eigenvalue weighted by atomic mass is 16.4. The highest BCUT2D eigenvalue weighted by Crippen LogP contribution is 2.16. The van der Waals surface area contributed by atoms with Gasteiger partial charge >= 0.3 is 17.3 Å². The number of nitrogens with two attached hydrogens (primary N) is 3. The number of nitrogens with zero attached hydrogens (tertiary/aromatic N) is 7. The lowest BCUT2D eigenvalue weighted by atomic mass is 10.1. The van der Waals surface area contributed by atoms with Gasteiger partial charge in [-0.2, -0.15) is 19.9 Å². The second-order valence-corrected chi connectivity index (χ2v) is 9.76. The van der Waals surface area contributed by atoms with Gasteiger partial charge in [0, 0.05) is 40.3 Å². The van der Waals surface area contributed by atoms with Crippen molar-refractivity contribution in [1.82, 2.24) is 43.9 Å². The first-order valence-electron chi connectivity index (χ1n) is 13.6. The van der Waals surface area contributed by atoms with Crippen LogP contribution in [0.5, 0.6) is 0 Å². The minimum absolute atomic E-state index is 0.0430. The zero-order chi connectivity index (χ0) is 32.1. The zero-order valence-electron chi connectivity index (χ0n) is 24.1. The summed E-state index contributed by atoms with van der Waals surface area (Å²) >= 11 is 0. The van der Waals surface area contributed by atoms with Gasteiger partial charge in [0.1, 0.15) is 28.5 Å². The van der Waals surface area contributed by atoms with Crippen molar-refractivity contribution in [2.24, 2.45) is 5.73 Å². The van der Waals surface area contributed by atoms with E-state index in [1.54, 1.807) is 4.90 Å². The number of anilines is 4. The highest BCUT2D eigenvalue weighted by molar-refractivity contribution is 5.85. The number of rotatable bonds is 14.